The van der Waals surface area contributed by atoms with Crippen LogP contribution in [0.1, 0.15) is 84.3 Å². The molecule has 0 radical (unpaired) electrons. The van der Waals surface area contributed by atoms with Crippen molar-refractivity contribution >= 4 is 11.8 Å². The summed E-state index contributed by atoms with van der Waals surface area (Å²) in [7, 11) is 0. The Morgan fingerprint density at radius 1 is 0.913 bits per heavy atom. The first-order valence-corrected chi connectivity index (χ1v) is 10.4. The van der Waals surface area contributed by atoms with Crippen LogP contribution in [0.3, 0.4) is 0 Å². The van der Waals surface area contributed by atoms with Gasteiger partial charge in [0.05, 0.1) is 0 Å². The number of aryl methyl sites for hydroxylation is 2. The molecule has 0 fully saturated rings. The van der Waals surface area contributed by atoms with Gasteiger partial charge in [0.2, 0.25) is 0 Å². The summed E-state index contributed by atoms with van der Waals surface area (Å²) in [5.41, 5.74) is 2.30. The third kappa shape index (κ3) is 7.65. The number of rotatable bonds is 11. The lowest BCUT2D eigenvalue weighted by molar-refractivity contribution is 0.458. The molecule has 1 nitrogen and oxygen atoms in total. The van der Waals surface area contributed by atoms with Crippen LogP contribution in [0.15, 0.2) is 17.0 Å². The van der Waals surface area contributed by atoms with Crippen molar-refractivity contribution in [1.82, 2.24) is 0 Å². The average Bonchev–Trinajstić information content (AvgIpc) is 2.51. The number of hydrogen-bond donors (Lipinski definition) is 1. The molecule has 23 heavy (non-hydrogen) atoms. The molecule has 0 aliphatic rings. The van der Waals surface area contributed by atoms with E-state index in [1.807, 2.05) is 11.8 Å². The summed E-state index contributed by atoms with van der Waals surface area (Å²) in [5, 5.41) is 11.2. The minimum atomic E-state index is 0.561. The molecule has 0 saturated carbocycles. The molecule has 0 saturated heterocycles. The number of thioether (sulfide) groups is 1. The van der Waals surface area contributed by atoms with E-state index in [0.717, 1.165) is 42.7 Å². The standard InChI is InChI=1S/C21H36OS/c1-6-8-10-18-14-20(23-17(5)13-12-16(3)4)15-19(21(18)22)11-9-7-2/h14-17,22H,6-13H2,1-5H3. The molecule has 132 valence electrons. The van der Waals surface area contributed by atoms with Crippen LogP contribution in [-0.4, -0.2) is 10.4 Å². The molecule has 1 atom stereocenters. The Balaban J connectivity index is 2.87. The minimum absolute atomic E-state index is 0.561. The Kier molecular flexibility index (Phi) is 9.78. The van der Waals surface area contributed by atoms with Gasteiger partial charge in [0.25, 0.3) is 0 Å². The molecule has 0 aromatic heterocycles. The van der Waals surface area contributed by atoms with Gasteiger partial charge in [-0.1, -0.05) is 47.5 Å². The second kappa shape index (κ2) is 11.0. The zero-order chi connectivity index (χ0) is 17.2. The van der Waals surface area contributed by atoms with Crippen LogP contribution in [0.25, 0.3) is 0 Å². The summed E-state index contributed by atoms with van der Waals surface area (Å²) in [4.78, 5) is 1.34. The predicted octanol–water partition coefficient (Wildman–Crippen LogP) is 6.99. The Labute approximate surface area is 148 Å². The molecule has 0 aliphatic heterocycles. The van der Waals surface area contributed by atoms with Crippen LogP contribution in [0.4, 0.5) is 0 Å². The van der Waals surface area contributed by atoms with Crippen LogP contribution in [0.2, 0.25) is 0 Å². The summed E-state index contributed by atoms with van der Waals surface area (Å²) < 4.78 is 0. The minimum Gasteiger partial charge on any atom is -0.507 e. The molecule has 2 heteroatoms. The van der Waals surface area contributed by atoms with Gasteiger partial charge in [0, 0.05) is 10.1 Å². The topological polar surface area (TPSA) is 20.2 Å². The molecule has 0 heterocycles. The van der Waals surface area contributed by atoms with Crippen LogP contribution < -0.4 is 0 Å². The zero-order valence-corrected chi connectivity index (χ0v) is 16.6. The van der Waals surface area contributed by atoms with E-state index in [9.17, 15) is 5.11 Å². The Hall–Kier alpha value is -0.630. The smallest absolute Gasteiger partial charge is 0.122 e. The van der Waals surface area contributed by atoms with E-state index in [4.69, 9.17) is 0 Å². The summed E-state index contributed by atoms with van der Waals surface area (Å²) >= 11 is 1.98. The average molecular weight is 337 g/mol. The molecule has 1 N–H and O–H groups in total. The van der Waals surface area contributed by atoms with E-state index < -0.39 is 0 Å². The summed E-state index contributed by atoms with van der Waals surface area (Å²) in [6, 6.07) is 4.47. The number of unbranched alkanes of at least 4 members (excludes halogenated alkanes) is 2. The highest BCUT2D eigenvalue weighted by molar-refractivity contribution is 7.99. The monoisotopic (exact) mass is 336 g/mol. The zero-order valence-electron chi connectivity index (χ0n) is 15.8. The maximum Gasteiger partial charge on any atom is 0.122 e. The van der Waals surface area contributed by atoms with E-state index in [0.29, 0.717) is 11.0 Å². The molecular weight excluding hydrogens is 300 g/mol. The van der Waals surface area contributed by atoms with Crippen LogP contribution in [0.5, 0.6) is 5.75 Å². The van der Waals surface area contributed by atoms with Crippen molar-refractivity contribution in [2.75, 3.05) is 0 Å². The van der Waals surface area contributed by atoms with Crippen molar-refractivity contribution in [3.05, 3.63) is 23.3 Å². The highest BCUT2D eigenvalue weighted by atomic mass is 32.2. The number of benzene rings is 1. The third-order valence-corrected chi connectivity index (χ3v) is 5.47. The fourth-order valence-corrected chi connectivity index (χ4v) is 3.91. The van der Waals surface area contributed by atoms with Gasteiger partial charge in [-0.25, -0.2) is 0 Å². The van der Waals surface area contributed by atoms with Crippen LogP contribution in [0, 0.1) is 5.92 Å². The lowest BCUT2D eigenvalue weighted by Crippen LogP contribution is -2.00. The second-order valence-corrected chi connectivity index (χ2v) is 8.71. The molecule has 1 aromatic rings. The predicted molar refractivity (Wildman–Crippen MR) is 105 cm³/mol. The first-order valence-electron chi connectivity index (χ1n) is 9.49. The van der Waals surface area contributed by atoms with Crippen LogP contribution in [-0.2, 0) is 12.8 Å². The van der Waals surface area contributed by atoms with Gasteiger partial charge in [-0.3, -0.25) is 0 Å². The molecule has 1 unspecified atom stereocenters. The van der Waals surface area contributed by atoms with E-state index in [1.54, 1.807) is 0 Å². The van der Waals surface area contributed by atoms with E-state index in [-0.39, 0.29) is 0 Å². The fraction of sp³-hybridized carbons (Fsp3) is 0.714. The van der Waals surface area contributed by atoms with E-state index in [2.05, 4.69) is 46.8 Å². The second-order valence-electron chi connectivity index (χ2n) is 7.20. The molecule has 0 spiro atoms. The van der Waals surface area contributed by atoms with Crippen molar-refractivity contribution < 1.29 is 5.11 Å². The Morgan fingerprint density at radius 3 is 1.87 bits per heavy atom. The van der Waals surface area contributed by atoms with Crippen molar-refractivity contribution in [3.8, 4) is 5.75 Å². The van der Waals surface area contributed by atoms with Crippen molar-refractivity contribution in [2.24, 2.45) is 5.92 Å². The molecular formula is C21H36OS. The van der Waals surface area contributed by atoms with Crippen molar-refractivity contribution in [2.45, 2.75) is 96.1 Å². The van der Waals surface area contributed by atoms with Gasteiger partial charge < -0.3 is 5.11 Å². The maximum atomic E-state index is 10.6. The number of phenolic OH excluding ortho intramolecular Hbond substituents is 1. The van der Waals surface area contributed by atoms with E-state index >= 15 is 0 Å². The first kappa shape index (κ1) is 20.4. The lowest BCUT2D eigenvalue weighted by atomic mass is 10.0. The molecule has 1 aromatic carbocycles. The van der Waals surface area contributed by atoms with Gasteiger partial charge in [-0.2, -0.15) is 0 Å². The molecule has 0 bridgehead atoms. The van der Waals surface area contributed by atoms with E-state index in [1.165, 1.54) is 30.6 Å². The van der Waals surface area contributed by atoms with Gasteiger partial charge in [0.15, 0.2) is 0 Å². The number of phenols is 1. The first-order chi connectivity index (χ1) is 11.0. The molecule has 0 amide bonds. The Morgan fingerprint density at radius 2 is 1.43 bits per heavy atom. The normalized spacial score (nSPS) is 12.8. The fourth-order valence-electron chi connectivity index (χ4n) is 2.77. The summed E-state index contributed by atoms with van der Waals surface area (Å²) in [6.07, 6.45) is 9.19. The van der Waals surface area contributed by atoms with Gasteiger partial charge >= 0.3 is 0 Å². The largest absolute Gasteiger partial charge is 0.507 e. The van der Waals surface area contributed by atoms with Crippen molar-refractivity contribution in [1.29, 1.82) is 0 Å². The third-order valence-electron chi connectivity index (χ3n) is 4.33. The molecule has 0 aliphatic carbocycles. The van der Waals surface area contributed by atoms with Gasteiger partial charge in [-0.05, 0) is 67.7 Å². The highest BCUT2D eigenvalue weighted by Crippen LogP contribution is 2.34. The highest BCUT2D eigenvalue weighted by Gasteiger charge is 2.13. The summed E-state index contributed by atoms with van der Waals surface area (Å²) in [5.74, 6) is 1.34. The SMILES string of the molecule is CCCCc1cc(SC(C)CCC(C)C)cc(CCCC)c1O. The Bertz CT molecular complexity index is 424. The molecule has 1 rings (SSSR count). The number of aromatic hydroxyl groups is 1. The maximum absolute atomic E-state index is 10.6. The van der Waals surface area contributed by atoms with Gasteiger partial charge in [0.1, 0.15) is 5.75 Å². The summed E-state index contributed by atoms with van der Waals surface area (Å²) in [6.45, 7) is 11.3. The quantitative estimate of drug-likeness (QED) is 0.439. The van der Waals surface area contributed by atoms with Crippen molar-refractivity contribution in [3.63, 3.8) is 0 Å². The van der Waals surface area contributed by atoms with Gasteiger partial charge in [-0.15, -0.1) is 11.8 Å². The van der Waals surface area contributed by atoms with Crippen LogP contribution >= 0.6 is 11.8 Å². The number of hydrogen-bond acceptors (Lipinski definition) is 2. The lowest BCUT2D eigenvalue weighted by Gasteiger charge is -2.16.